The van der Waals surface area contributed by atoms with E-state index in [0.717, 1.165) is 44.7 Å². The van der Waals surface area contributed by atoms with Gasteiger partial charge in [-0.25, -0.2) is 0 Å². The molecule has 3 aromatic heterocycles. The van der Waals surface area contributed by atoms with Gasteiger partial charge >= 0.3 is 0 Å². The zero-order chi connectivity index (χ0) is 17.5. The number of hydrogen-bond acceptors (Lipinski definition) is 4. The highest BCUT2D eigenvalue weighted by Gasteiger charge is 2.22. The van der Waals surface area contributed by atoms with Crippen molar-refractivity contribution in [2.24, 2.45) is 0 Å². The summed E-state index contributed by atoms with van der Waals surface area (Å²) in [7, 11) is 0. The van der Waals surface area contributed by atoms with E-state index < -0.39 is 0 Å². The van der Waals surface area contributed by atoms with E-state index in [4.69, 9.17) is 21.1 Å². The molecule has 1 aliphatic rings. The number of para-hydroxylation sites is 1. The Morgan fingerprint density at radius 3 is 2.15 bits per heavy atom. The summed E-state index contributed by atoms with van der Waals surface area (Å²) in [6.45, 7) is 0. The van der Waals surface area contributed by atoms with Crippen LogP contribution in [-0.4, -0.2) is 4.57 Å². The molecule has 0 saturated carbocycles. The van der Waals surface area contributed by atoms with E-state index in [1.54, 1.807) is 36.4 Å². The second kappa shape index (κ2) is 6.41. The molecule has 0 spiro atoms. The third-order valence-electron chi connectivity index (χ3n) is 4.98. The molecular formula is C21H17NO2S2. The number of thiazole rings is 1. The van der Waals surface area contributed by atoms with Gasteiger partial charge < -0.3 is 8.83 Å². The van der Waals surface area contributed by atoms with E-state index in [9.17, 15) is 0 Å². The lowest BCUT2D eigenvalue weighted by Crippen LogP contribution is -2.09. The van der Waals surface area contributed by atoms with Crippen LogP contribution >= 0.6 is 23.6 Å². The smallest absolute Gasteiger partial charge is 0.166 e. The van der Waals surface area contributed by atoms with Gasteiger partial charge in [0.2, 0.25) is 0 Å². The summed E-state index contributed by atoms with van der Waals surface area (Å²) in [4.78, 5) is 1.43. The Bertz CT molecular complexity index is 1050. The Labute approximate surface area is 160 Å². The van der Waals surface area contributed by atoms with Crippen LogP contribution in [0.2, 0.25) is 0 Å². The van der Waals surface area contributed by atoms with Crippen LogP contribution in [0.4, 0.5) is 0 Å². The molecule has 5 rings (SSSR count). The lowest BCUT2D eigenvalue weighted by Gasteiger charge is -2.19. The monoisotopic (exact) mass is 379 g/mol. The molecule has 130 valence electrons. The lowest BCUT2D eigenvalue weighted by molar-refractivity contribution is 0.568. The lowest BCUT2D eigenvalue weighted by atomic mass is 9.97. The average molecular weight is 380 g/mol. The van der Waals surface area contributed by atoms with Crippen molar-refractivity contribution in [2.75, 3.05) is 0 Å². The molecule has 0 saturated heterocycles. The fraction of sp³-hybridized carbons (Fsp3) is 0.190. The number of furan rings is 2. The van der Waals surface area contributed by atoms with Crippen LogP contribution < -0.4 is 0 Å². The van der Waals surface area contributed by atoms with Gasteiger partial charge in [0.05, 0.1) is 30.7 Å². The molecule has 4 aromatic rings. The second-order valence-electron chi connectivity index (χ2n) is 6.51. The first-order chi connectivity index (χ1) is 12.8. The molecule has 0 amide bonds. The molecule has 1 aromatic carbocycles. The summed E-state index contributed by atoms with van der Waals surface area (Å²) in [5, 5.41) is 0. The molecule has 5 heteroatoms. The molecule has 0 unspecified atom stereocenters. The van der Waals surface area contributed by atoms with E-state index in [2.05, 4.69) is 22.8 Å². The molecule has 3 heterocycles. The minimum atomic E-state index is 0.914. The summed E-state index contributed by atoms with van der Waals surface area (Å²) in [6.07, 6.45) is 11.7. The highest BCUT2D eigenvalue weighted by atomic mass is 32.1. The second-order valence-corrected chi connectivity index (χ2v) is 8.23. The summed E-state index contributed by atoms with van der Waals surface area (Å²) < 4.78 is 13.9. The van der Waals surface area contributed by atoms with E-state index >= 15 is 0 Å². The molecule has 0 bridgehead atoms. The van der Waals surface area contributed by atoms with E-state index in [-0.39, 0.29) is 0 Å². The highest BCUT2D eigenvalue weighted by molar-refractivity contribution is 7.73. The van der Waals surface area contributed by atoms with Crippen molar-refractivity contribution in [1.29, 1.82) is 0 Å². The number of aromatic nitrogens is 1. The number of nitrogens with zero attached hydrogens (tertiary/aromatic N) is 1. The maximum atomic E-state index is 5.82. The summed E-state index contributed by atoms with van der Waals surface area (Å²) in [5.41, 5.74) is 6.86. The van der Waals surface area contributed by atoms with E-state index in [0.29, 0.717) is 0 Å². The molecular weight excluding hydrogens is 362 g/mol. The number of aryl methyl sites for hydroxylation is 1. The first kappa shape index (κ1) is 15.9. The maximum absolute atomic E-state index is 5.82. The van der Waals surface area contributed by atoms with Crippen LogP contribution in [0.25, 0.3) is 27.9 Å². The molecule has 0 fully saturated rings. The topological polar surface area (TPSA) is 31.2 Å². The number of rotatable bonds is 3. The normalized spacial score (nSPS) is 13.7. The third-order valence-corrected chi connectivity index (χ3v) is 6.45. The van der Waals surface area contributed by atoms with Crippen LogP contribution in [-0.2, 0) is 12.8 Å². The zero-order valence-electron chi connectivity index (χ0n) is 14.1. The minimum absolute atomic E-state index is 0.914. The first-order valence-corrected chi connectivity index (χ1v) is 9.97. The van der Waals surface area contributed by atoms with Crippen molar-refractivity contribution in [2.45, 2.75) is 25.7 Å². The van der Waals surface area contributed by atoms with Gasteiger partial charge in [-0.1, -0.05) is 18.2 Å². The van der Waals surface area contributed by atoms with Crippen molar-refractivity contribution >= 4 is 23.6 Å². The minimum Gasteiger partial charge on any atom is -0.472 e. The van der Waals surface area contributed by atoms with E-state index in [1.165, 1.54) is 23.4 Å². The van der Waals surface area contributed by atoms with Gasteiger partial charge in [0, 0.05) is 32.8 Å². The predicted molar refractivity (Wildman–Crippen MR) is 107 cm³/mol. The SMILES string of the molecule is S=c1sc2c(n1-c1c(-c3ccoc3)cccc1-c1ccoc1)CCCC2. The molecule has 26 heavy (non-hydrogen) atoms. The van der Waals surface area contributed by atoms with E-state index in [1.807, 2.05) is 12.1 Å². The van der Waals surface area contributed by atoms with Gasteiger partial charge in [0.25, 0.3) is 0 Å². The number of hydrogen-bond donors (Lipinski definition) is 0. The van der Waals surface area contributed by atoms with Gasteiger partial charge in [-0.3, -0.25) is 4.57 Å². The Kier molecular flexibility index (Phi) is 3.91. The van der Waals surface area contributed by atoms with Crippen molar-refractivity contribution in [1.82, 2.24) is 4.57 Å². The first-order valence-electron chi connectivity index (χ1n) is 8.75. The van der Waals surface area contributed by atoms with Crippen molar-refractivity contribution in [3.05, 3.63) is 69.9 Å². The van der Waals surface area contributed by atoms with Crippen LogP contribution in [0.3, 0.4) is 0 Å². The highest BCUT2D eigenvalue weighted by Crippen LogP contribution is 2.40. The van der Waals surface area contributed by atoms with Gasteiger partial charge in [-0.05, 0) is 50.0 Å². The number of fused-ring (bicyclic) bond motifs is 1. The summed E-state index contributed by atoms with van der Waals surface area (Å²) in [5.74, 6) is 0. The van der Waals surface area contributed by atoms with Crippen LogP contribution in [0.5, 0.6) is 0 Å². The Hall–Kier alpha value is -2.37. The van der Waals surface area contributed by atoms with Gasteiger partial charge in [-0.15, -0.1) is 11.3 Å². The van der Waals surface area contributed by atoms with Crippen molar-refractivity contribution < 1.29 is 8.83 Å². The molecule has 0 N–H and O–H groups in total. The quantitative estimate of drug-likeness (QED) is 0.373. The Morgan fingerprint density at radius 2 is 1.54 bits per heavy atom. The molecule has 3 nitrogen and oxygen atoms in total. The van der Waals surface area contributed by atoms with Crippen LogP contribution in [0.1, 0.15) is 23.4 Å². The van der Waals surface area contributed by atoms with Gasteiger partial charge in [0.1, 0.15) is 0 Å². The van der Waals surface area contributed by atoms with Gasteiger partial charge in [0.15, 0.2) is 3.95 Å². The Morgan fingerprint density at radius 1 is 0.885 bits per heavy atom. The molecule has 0 aliphatic heterocycles. The fourth-order valence-electron chi connectivity index (χ4n) is 3.78. The molecule has 0 radical (unpaired) electrons. The largest absolute Gasteiger partial charge is 0.472 e. The average Bonchev–Trinajstić information content (AvgIpc) is 3.41. The van der Waals surface area contributed by atoms with Crippen LogP contribution in [0.15, 0.2) is 64.2 Å². The van der Waals surface area contributed by atoms with Crippen molar-refractivity contribution in [3.8, 4) is 27.9 Å². The molecule has 1 aliphatic carbocycles. The summed E-state index contributed by atoms with van der Waals surface area (Å²) >= 11 is 7.57. The molecule has 0 atom stereocenters. The fourth-order valence-corrected chi connectivity index (χ4v) is 5.35. The zero-order valence-corrected chi connectivity index (χ0v) is 15.7. The summed E-state index contributed by atoms with van der Waals surface area (Å²) in [6, 6.07) is 10.4. The van der Waals surface area contributed by atoms with Gasteiger partial charge in [-0.2, -0.15) is 0 Å². The number of benzene rings is 1. The predicted octanol–water partition coefficient (Wildman–Crippen LogP) is 6.67. The Balaban J connectivity index is 1.86. The van der Waals surface area contributed by atoms with Crippen LogP contribution in [0, 0.1) is 3.95 Å². The third kappa shape index (κ3) is 2.50. The van der Waals surface area contributed by atoms with Crippen molar-refractivity contribution in [3.63, 3.8) is 0 Å². The standard InChI is InChI=1S/C21H17NO2S2/c25-21-22(18-6-1-2-7-19(18)26-21)20-16(14-8-10-23-12-14)4-3-5-17(20)15-9-11-24-13-15/h3-5,8-13H,1-2,6-7H2. The maximum Gasteiger partial charge on any atom is 0.166 e.